The second-order valence-corrected chi connectivity index (χ2v) is 7.71. The molecule has 0 bridgehead atoms. The summed E-state index contributed by atoms with van der Waals surface area (Å²) in [5.41, 5.74) is 2.45. The number of benzene rings is 2. The Hall–Kier alpha value is -3.36. The van der Waals surface area contributed by atoms with E-state index in [1.165, 1.54) is 6.33 Å². The molecular formula is C21H18Cl2N8. The Balaban J connectivity index is 1.37. The molecule has 0 atom stereocenters. The van der Waals surface area contributed by atoms with E-state index in [4.69, 9.17) is 28.2 Å². The van der Waals surface area contributed by atoms with Gasteiger partial charge >= 0.3 is 0 Å². The molecule has 8 nitrogen and oxygen atoms in total. The van der Waals surface area contributed by atoms with Crippen molar-refractivity contribution in [2.45, 2.75) is 0 Å². The van der Waals surface area contributed by atoms with Gasteiger partial charge in [-0.05, 0) is 30.3 Å². The number of halogens is 2. The van der Waals surface area contributed by atoms with Crippen LogP contribution < -0.4 is 21.3 Å². The summed E-state index contributed by atoms with van der Waals surface area (Å²) in [6, 6.07) is 13.2. The van der Waals surface area contributed by atoms with Gasteiger partial charge in [0.1, 0.15) is 17.8 Å². The molecule has 0 unspecified atom stereocenters. The van der Waals surface area contributed by atoms with Gasteiger partial charge in [0.05, 0.1) is 17.2 Å². The predicted octanol–water partition coefficient (Wildman–Crippen LogP) is 4.71. The van der Waals surface area contributed by atoms with Gasteiger partial charge in [-0.15, -0.1) is 0 Å². The van der Waals surface area contributed by atoms with E-state index < -0.39 is 0 Å². The van der Waals surface area contributed by atoms with E-state index in [0.717, 1.165) is 39.6 Å². The topological polar surface area (TPSA) is 99.7 Å². The molecule has 5 rings (SSSR count). The number of aromatic nitrogens is 4. The molecular weight excluding hydrogens is 435 g/mol. The van der Waals surface area contributed by atoms with Crippen LogP contribution >= 0.6 is 23.2 Å². The van der Waals surface area contributed by atoms with Crippen molar-refractivity contribution in [1.82, 2.24) is 19.9 Å². The molecule has 0 spiro atoms. The molecule has 4 aromatic rings. The van der Waals surface area contributed by atoms with E-state index in [1.54, 1.807) is 12.1 Å². The molecule has 2 aromatic heterocycles. The monoisotopic (exact) mass is 452 g/mol. The average Bonchev–Trinajstić information content (AvgIpc) is 3.26. The van der Waals surface area contributed by atoms with Crippen molar-refractivity contribution in [3.63, 3.8) is 0 Å². The van der Waals surface area contributed by atoms with Crippen LogP contribution in [-0.2, 0) is 0 Å². The number of hydrogen-bond acceptors (Lipinski definition) is 8. The van der Waals surface area contributed by atoms with Crippen LogP contribution in [-0.4, -0.2) is 39.7 Å². The van der Waals surface area contributed by atoms with Crippen LogP contribution in [0.4, 0.5) is 23.1 Å². The lowest BCUT2D eigenvalue weighted by Crippen LogP contribution is -2.16. The first-order chi connectivity index (χ1) is 15.2. The summed E-state index contributed by atoms with van der Waals surface area (Å²) in [6.45, 7) is 1.91. The first-order valence-corrected chi connectivity index (χ1v) is 10.5. The lowest BCUT2D eigenvalue weighted by Gasteiger charge is -2.13. The van der Waals surface area contributed by atoms with Gasteiger partial charge in [0.15, 0.2) is 17.5 Å². The SMILES string of the molecule is Clc1ccc(-c2nc(NCCNc3ncnc4c3NCN4)c3ccccc3n2)c(Cl)c1. The molecule has 0 fully saturated rings. The van der Waals surface area contributed by atoms with Gasteiger partial charge in [0, 0.05) is 29.1 Å². The number of hydrogen-bond donors (Lipinski definition) is 4. The van der Waals surface area contributed by atoms with E-state index in [2.05, 4.69) is 36.2 Å². The molecule has 0 saturated carbocycles. The predicted molar refractivity (Wildman–Crippen MR) is 126 cm³/mol. The number of nitrogens with one attached hydrogen (secondary N) is 4. The highest BCUT2D eigenvalue weighted by Crippen LogP contribution is 2.31. The zero-order valence-electron chi connectivity index (χ0n) is 16.3. The molecule has 3 heterocycles. The molecule has 2 aromatic carbocycles. The minimum absolute atomic E-state index is 0.508. The average molecular weight is 453 g/mol. The van der Waals surface area contributed by atoms with Crippen molar-refractivity contribution in [3.8, 4) is 11.4 Å². The van der Waals surface area contributed by atoms with Gasteiger partial charge < -0.3 is 21.3 Å². The van der Waals surface area contributed by atoms with E-state index in [9.17, 15) is 0 Å². The Labute approximate surface area is 188 Å². The van der Waals surface area contributed by atoms with Gasteiger partial charge in [0.2, 0.25) is 0 Å². The number of rotatable bonds is 6. The fraction of sp³-hybridized carbons (Fsp3) is 0.143. The number of anilines is 4. The molecule has 0 radical (unpaired) electrons. The fourth-order valence-corrected chi connectivity index (χ4v) is 3.89. The highest BCUT2D eigenvalue weighted by atomic mass is 35.5. The Morgan fingerprint density at radius 2 is 1.74 bits per heavy atom. The van der Waals surface area contributed by atoms with Crippen molar-refractivity contribution >= 4 is 57.2 Å². The summed E-state index contributed by atoms with van der Waals surface area (Å²) in [5.74, 6) is 2.84. The smallest absolute Gasteiger partial charge is 0.163 e. The minimum Gasteiger partial charge on any atom is -0.368 e. The maximum atomic E-state index is 6.39. The van der Waals surface area contributed by atoms with Crippen molar-refractivity contribution in [2.75, 3.05) is 41.0 Å². The largest absolute Gasteiger partial charge is 0.368 e. The summed E-state index contributed by atoms with van der Waals surface area (Å²) in [6.07, 6.45) is 1.54. The van der Waals surface area contributed by atoms with Crippen LogP contribution in [0.2, 0.25) is 10.0 Å². The lowest BCUT2D eigenvalue weighted by atomic mass is 10.2. The second-order valence-electron chi connectivity index (χ2n) is 6.87. The van der Waals surface area contributed by atoms with Gasteiger partial charge in [-0.2, -0.15) is 0 Å². The summed E-state index contributed by atoms with van der Waals surface area (Å²) in [4.78, 5) is 17.9. The zero-order chi connectivity index (χ0) is 21.2. The standard InChI is InChI=1S/C21H18Cl2N8/c22-12-5-6-13(15(23)9-12)19-30-16-4-2-1-3-14(16)18(31-19)24-7-8-25-20-17-21(27-10-26-17)29-11-28-20/h1-6,9,11,26H,7-8,10H2,(H,24,30,31)(H2,25,27,28,29). The zero-order valence-corrected chi connectivity index (χ0v) is 17.8. The van der Waals surface area contributed by atoms with E-state index in [0.29, 0.717) is 35.6 Å². The Bertz CT molecular complexity index is 1260. The summed E-state index contributed by atoms with van der Waals surface area (Å²) in [5, 5.41) is 15.1. The Morgan fingerprint density at radius 3 is 2.61 bits per heavy atom. The molecule has 4 N–H and O–H groups in total. The van der Waals surface area contributed by atoms with Crippen LogP contribution in [0, 0.1) is 0 Å². The van der Waals surface area contributed by atoms with Crippen LogP contribution in [0.1, 0.15) is 0 Å². The quantitative estimate of drug-likeness (QED) is 0.312. The van der Waals surface area contributed by atoms with Gasteiger partial charge in [0.25, 0.3) is 0 Å². The number of nitrogens with zero attached hydrogens (tertiary/aromatic N) is 4. The van der Waals surface area contributed by atoms with Crippen molar-refractivity contribution in [1.29, 1.82) is 0 Å². The van der Waals surface area contributed by atoms with Crippen LogP contribution in [0.5, 0.6) is 0 Å². The first kappa shape index (κ1) is 19.6. The Kier molecular flexibility index (Phi) is 5.31. The molecule has 1 aliphatic rings. The minimum atomic E-state index is 0.508. The summed E-state index contributed by atoms with van der Waals surface area (Å²) >= 11 is 12.4. The van der Waals surface area contributed by atoms with E-state index >= 15 is 0 Å². The van der Waals surface area contributed by atoms with Crippen molar-refractivity contribution in [2.24, 2.45) is 0 Å². The highest BCUT2D eigenvalue weighted by molar-refractivity contribution is 6.36. The fourth-order valence-electron chi connectivity index (χ4n) is 3.40. The van der Waals surface area contributed by atoms with Crippen LogP contribution in [0.15, 0.2) is 48.8 Å². The van der Waals surface area contributed by atoms with Crippen LogP contribution in [0.25, 0.3) is 22.3 Å². The third kappa shape index (κ3) is 3.99. The molecule has 0 aliphatic carbocycles. The van der Waals surface area contributed by atoms with E-state index in [-0.39, 0.29) is 0 Å². The van der Waals surface area contributed by atoms with Crippen LogP contribution in [0.3, 0.4) is 0 Å². The van der Waals surface area contributed by atoms with Gasteiger partial charge in [-0.1, -0.05) is 35.3 Å². The number of para-hydroxylation sites is 1. The Morgan fingerprint density at radius 1 is 0.903 bits per heavy atom. The molecule has 1 aliphatic heterocycles. The summed E-state index contributed by atoms with van der Waals surface area (Å²) in [7, 11) is 0. The molecule has 0 amide bonds. The van der Waals surface area contributed by atoms with Crippen molar-refractivity contribution in [3.05, 3.63) is 58.8 Å². The molecule has 156 valence electrons. The van der Waals surface area contributed by atoms with Gasteiger partial charge in [-0.3, -0.25) is 0 Å². The van der Waals surface area contributed by atoms with Gasteiger partial charge in [-0.25, -0.2) is 19.9 Å². The third-order valence-electron chi connectivity index (χ3n) is 4.85. The maximum Gasteiger partial charge on any atom is 0.163 e. The first-order valence-electron chi connectivity index (χ1n) is 9.72. The van der Waals surface area contributed by atoms with Crippen molar-refractivity contribution < 1.29 is 0 Å². The normalized spacial score (nSPS) is 12.2. The summed E-state index contributed by atoms with van der Waals surface area (Å²) < 4.78 is 0. The number of fused-ring (bicyclic) bond motifs is 2. The highest BCUT2D eigenvalue weighted by Gasteiger charge is 2.16. The molecule has 0 saturated heterocycles. The molecule has 10 heteroatoms. The maximum absolute atomic E-state index is 6.39. The lowest BCUT2D eigenvalue weighted by molar-refractivity contribution is 1.04. The molecule has 31 heavy (non-hydrogen) atoms. The third-order valence-corrected chi connectivity index (χ3v) is 5.40. The van der Waals surface area contributed by atoms with E-state index in [1.807, 2.05) is 30.3 Å². The second kappa shape index (κ2) is 8.41.